The molecule has 108 valence electrons. The second-order valence-electron chi connectivity index (χ2n) is 4.08. The highest BCUT2D eigenvalue weighted by molar-refractivity contribution is 7.80. The molecule has 1 heterocycles. The SMILES string of the molecule is CC(=O)NNC(=S)NC=Cc1nc2ccccc2[nH]c1=O. The van der Waals surface area contributed by atoms with Crippen LogP contribution >= 0.6 is 12.2 Å². The number of carbonyl (C=O) groups is 1. The Morgan fingerprint density at radius 1 is 1.33 bits per heavy atom. The number of amides is 1. The first-order valence-corrected chi connectivity index (χ1v) is 6.46. The van der Waals surface area contributed by atoms with Crippen molar-refractivity contribution in [3.8, 4) is 0 Å². The van der Waals surface area contributed by atoms with Crippen molar-refractivity contribution in [2.24, 2.45) is 0 Å². The highest BCUT2D eigenvalue weighted by Crippen LogP contribution is 2.06. The van der Waals surface area contributed by atoms with E-state index in [1.165, 1.54) is 19.2 Å². The fourth-order valence-corrected chi connectivity index (χ4v) is 1.65. The van der Waals surface area contributed by atoms with E-state index in [0.29, 0.717) is 11.0 Å². The first-order chi connectivity index (χ1) is 10.1. The largest absolute Gasteiger partial charge is 0.338 e. The fraction of sp³-hybridized carbons (Fsp3) is 0.0769. The van der Waals surface area contributed by atoms with Gasteiger partial charge in [0.05, 0.1) is 11.0 Å². The van der Waals surface area contributed by atoms with E-state index in [1.54, 1.807) is 12.1 Å². The third-order valence-electron chi connectivity index (χ3n) is 2.43. The van der Waals surface area contributed by atoms with Crippen LogP contribution in [0, 0.1) is 0 Å². The monoisotopic (exact) mass is 303 g/mol. The van der Waals surface area contributed by atoms with Crippen LogP contribution in [0.1, 0.15) is 12.6 Å². The van der Waals surface area contributed by atoms with Gasteiger partial charge >= 0.3 is 0 Å². The molecule has 1 aromatic carbocycles. The number of aromatic amines is 1. The molecule has 0 atom stereocenters. The summed E-state index contributed by atoms with van der Waals surface area (Å²) >= 11 is 4.90. The molecule has 21 heavy (non-hydrogen) atoms. The number of hydrazine groups is 1. The first-order valence-electron chi connectivity index (χ1n) is 6.05. The number of para-hydroxylation sites is 2. The van der Waals surface area contributed by atoms with E-state index in [0.717, 1.165) is 0 Å². The standard InChI is InChI=1S/C13H13N5O2S/c1-8(19)17-18-13(21)14-7-6-11-12(20)16-10-5-3-2-4-9(10)15-11/h2-7H,1H3,(H,16,20)(H,17,19)(H2,14,18,21). The Morgan fingerprint density at radius 2 is 2.10 bits per heavy atom. The number of aromatic nitrogens is 2. The topological polar surface area (TPSA) is 98.9 Å². The van der Waals surface area contributed by atoms with Gasteiger partial charge in [0, 0.05) is 13.1 Å². The van der Waals surface area contributed by atoms with Crippen LogP contribution in [0.2, 0.25) is 0 Å². The normalized spacial score (nSPS) is 10.5. The molecule has 2 rings (SSSR count). The minimum Gasteiger partial charge on any atom is -0.338 e. The van der Waals surface area contributed by atoms with Crippen molar-refractivity contribution >= 4 is 40.3 Å². The molecular weight excluding hydrogens is 290 g/mol. The number of benzene rings is 1. The molecule has 8 heteroatoms. The molecule has 7 nitrogen and oxygen atoms in total. The number of hydrogen-bond donors (Lipinski definition) is 4. The molecule has 0 spiro atoms. The van der Waals surface area contributed by atoms with Gasteiger partial charge in [0.2, 0.25) is 5.91 Å². The third-order valence-corrected chi connectivity index (χ3v) is 2.65. The summed E-state index contributed by atoms with van der Waals surface area (Å²) in [7, 11) is 0. The van der Waals surface area contributed by atoms with Gasteiger partial charge in [-0.05, 0) is 30.4 Å². The highest BCUT2D eigenvalue weighted by atomic mass is 32.1. The highest BCUT2D eigenvalue weighted by Gasteiger charge is 2.00. The van der Waals surface area contributed by atoms with Crippen molar-refractivity contribution in [1.82, 2.24) is 26.1 Å². The Bertz CT molecular complexity index is 768. The van der Waals surface area contributed by atoms with Crippen molar-refractivity contribution < 1.29 is 4.79 Å². The van der Waals surface area contributed by atoms with Gasteiger partial charge in [-0.25, -0.2) is 4.98 Å². The van der Waals surface area contributed by atoms with Crippen LogP contribution in [-0.2, 0) is 4.79 Å². The quantitative estimate of drug-likeness (QED) is 0.474. The molecule has 0 fully saturated rings. The zero-order valence-corrected chi connectivity index (χ0v) is 12.0. The van der Waals surface area contributed by atoms with Gasteiger partial charge in [0.25, 0.3) is 5.56 Å². The molecule has 0 aliphatic heterocycles. The summed E-state index contributed by atoms with van der Waals surface area (Å²) in [6.07, 6.45) is 2.95. The number of carbonyl (C=O) groups excluding carboxylic acids is 1. The van der Waals surface area contributed by atoms with Crippen LogP contribution in [0.25, 0.3) is 17.1 Å². The third kappa shape index (κ3) is 4.11. The lowest BCUT2D eigenvalue weighted by Gasteiger charge is -2.06. The van der Waals surface area contributed by atoms with Crippen LogP contribution < -0.4 is 21.7 Å². The fourth-order valence-electron chi connectivity index (χ4n) is 1.53. The summed E-state index contributed by atoms with van der Waals surface area (Å²) in [5.41, 5.74) is 6.12. The first kappa shape index (κ1) is 14.7. The summed E-state index contributed by atoms with van der Waals surface area (Å²) in [6.45, 7) is 1.35. The van der Waals surface area contributed by atoms with E-state index in [1.807, 2.05) is 12.1 Å². The van der Waals surface area contributed by atoms with E-state index in [2.05, 4.69) is 26.1 Å². The number of hydrogen-bond acceptors (Lipinski definition) is 4. The summed E-state index contributed by atoms with van der Waals surface area (Å²) in [5, 5.41) is 2.89. The number of nitrogens with one attached hydrogen (secondary N) is 4. The van der Waals surface area contributed by atoms with Crippen molar-refractivity contribution in [3.05, 3.63) is 46.5 Å². The minimum atomic E-state index is -0.299. The molecule has 1 aromatic heterocycles. The van der Waals surface area contributed by atoms with E-state index in [9.17, 15) is 9.59 Å². The van der Waals surface area contributed by atoms with E-state index in [4.69, 9.17) is 12.2 Å². The van der Waals surface area contributed by atoms with Crippen LogP contribution in [0.15, 0.2) is 35.3 Å². The molecule has 2 aromatic rings. The zero-order valence-electron chi connectivity index (χ0n) is 11.1. The number of fused-ring (bicyclic) bond motifs is 1. The maximum Gasteiger partial charge on any atom is 0.274 e. The second-order valence-corrected chi connectivity index (χ2v) is 4.49. The number of rotatable bonds is 2. The summed E-state index contributed by atoms with van der Waals surface area (Å²) in [5.74, 6) is -0.268. The summed E-state index contributed by atoms with van der Waals surface area (Å²) in [6, 6.07) is 7.25. The molecule has 0 aliphatic rings. The Hall–Kier alpha value is -2.74. The van der Waals surface area contributed by atoms with Crippen molar-refractivity contribution in [3.63, 3.8) is 0 Å². The van der Waals surface area contributed by atoms with Gasteiger partial charge in [-0.15, -0.1) is 0 Å². The van der Waals surface area contributed by atoms with Gasteiger partial charge in [-0.1, -0.05) is 12.1 Å². The average molecular weight is 303 g/mol. The Kier molecular flexibility index (Phi) is 4.62. The van der Waals surface area contributed by atoms with Crippen molar-refractivity contribution in [1.29, 1.82) is 0 Å². The predicted octanol–water partition coefficient (Wildman–Crippen LogP) is 0.409. The second kappa shape index (κ2) is 6.62. The molecule has 4 N–H and O–H groups in total. The number of nitrogens with zero attached hydrogens (tertiary/aromatic N) is 1. The molecule has 0 radical (unpaired) electrons. The molecule has 0 saturated heterocycles. The predicted molar refractivity (Wildman–Crippen MR) is 84.1 cm³/mol. The summed E-state index contributed by atoms with van der Waals surface area (Å²) in [4.78, 5) is 29.5. The average Bonchev–Trinajstić information content (AvgIpc) is 2.45. The maximum absolute atomic E-state index is 11.8. The van der Waals surface area contributed by atoms with E-state index < -0.39 is 0 Å². The van der Waals surface area contributed by atoms with Gasteiger partial charge in [-0.3, -0.25) is 20.4 Å². The van der Waals surface area contributed by atoms with Gasteiger partial charge < -0.3 is 10.3 Å². The van der Waals surface area contributed by atoms with Gasteiger partial charge in [-0.2, -0.15) is 0 Å². The lowest BCUT2D eigenvalue weighted by Crippen LogP contribution is -2.44. The molecular formula is C13H13N5O2S. The van der Waals surface area contributed by atoms with Gasteiger partial charge in [0.15, 0.2) is 5.11 Å². The van der Waals surface area contributed by atoms with Gasteiger partial charge in [0.1, 0.15) is 5.69 Å². The molecule has 0 aliphatic carbocycles. The lowest BCUT2D eigenvalue weighted by atomic mass is 10.3. The zero-order chi connectivity index (χ0) is 15.2. The van der Waals surface area contributed by atoms with E-state index >= 15 is 0 Å². The molecule has 0 bridgehead atoms. The van der Waals surface area contributed by atoms with Crippen LogP contribution in [0.3, 0.4) is 0 Å². The van der Waals surface area contributed by atoms with Crippen LogP contribution in [0.5, 0.6) is 0 Å². The maximum atomic E-state index is 11.8. The molecule has 0 unspecified atom stereocenters. The number of H-pyrrole nitrogens is 1. The Labute approximate surface area is 125 Å². The smallest absolute Gasteiger partial charge is 0.274 e. The van der Waals surface area contributed by atoms with Crippen molar-refractivity contribution in [2.75, 3.05) is 0 Å². The Balaban J connectivity index is 2.07. The lowest BCUT2D eigenvalue weighted by molar-refractivity contribution is -0.119. The van der Waals surface area contributed by atoms with Crippen LogP contribution in [0.4, 0.5) is 0 Å². The summed E-state index contributed by atoms with van der Waals surface area (Å²) < 4.78 is 0. The molecule has 1 amide bonds. The minimum absolute atomic E-state index is 0.193. The molecule has 0 saturated carbocycles. The van der Waals surface area contributed by atoms with Crippen LogP contribution in [-0.4, -0.2) is 21.0 Å². The van der Waals surface area contributed by atoms with Crippen molar-refractivity contribution in [2.45, 2.75) is 6.92 Å². The Morgan fingerprint density at radius 3 is 2.86 bits per heavy atom. The number of thiocarbonyl (C=S) groups is 1. The van der Waals surface area contributed by atoms with E-state index in [-0.39, 0.29) is 22.3 Å².